The zero-order valence-corrected chi connectivity index (χ0v) is 13.8. The average Bonchev–Trinajstić information content (AvgIpc) is 2.76. The highest BCUT2D eigenvalue weighted by Gasteiger charge is 2.36. The smallest absolute Gasteiger partial charge is 0.0777 e. The molecular weight excluding hydrogens is 307 g/mol. The topological polar surface area (TPSA) is 35.5 Å². The number of benzene rings is 1. The maximum Gasteiger partial charge on any atom is 0.0777 e. The van der Waals surface area contributed by atoms with Crippen LogP contribution in [0.3, 0.4) is 0 Å². The number of hydrogen-bond donors (Lipinski definition) is 2. The maximum atomic E-state index is 10.5. The fourth-order valence-corrected chi connectivity index (χ4v) is 4.35. The first-order valence-corrected chi connectivity index (χ1v) is 8.38. The van der Waals surface area contributed by atoms with Gasteiger partial charge in [-0.25, -0.2) is 0 Å². The fourth-order valence-electron chi connectivity index (χ4n) is 3.76. The van der Waals surface area contributed by atoms with Crippen molar-refractivity contribution in [2.75, 3.05) is 26.7 Å². The molecule has 3 nitrogen and oxygen atoms in total. The van der Waals surface area contributed by atoms with Crippen molar-refractivity contribution in [3.8, 4) is 0 Å². The quantitative estimate of drug-likeness (QED) is 0.895. The summed E-state index contributed by atoms with van der Waals surface area (Å²) in [4.78, 5) is 2.26. The molecule has 3 unspecified atom stereocenters. The minimum atomic E-state index is -0.405. The minimum absolute atomic E-state index is 0.00173. The van der Waals surface area contributed by atoms with Crippen molar-refractivity contribution in [3.63, 3.8) is 0 Å². The van der Waals surface area contributed by atoms with Gasteiger partial charge >= 0.3 is 0 Å². The molecule has 3 rings (SSSR count). The maximum absolute atomic E-state index is 10.5. The van der Waals surface area contributed by atoms with E-state index in [-0.39, 0.29) is 6.04 Å². The lowest BCUT2D eigenvalue weighted by atomic mass is 9.97. The van der Waals surface area contributed by atoms with E-state index in [0.29, 0.717) is 22.4 Å². The van der Waals surface area contributed by atoms with E-state index in [1.54, 1.807) is 6.07 Å². The highest BCUT2D eigenvalue weighted by atomic mass is 35.5. The van der Waals surface area contributed by atoms with Crippen molar-refractivity contribution >= 4 is 23.2 Å². The van der Waals surface area contributed by atoms with Gasteiger partial charge in [0.25, 0.3) is 0 Å². The van der Waals surface area contributed by atoms with Gasteiger partial charge in [0, 0.05) is 23.0 Å². The van der Waals surface area contributed by atoms with Gasteiger partial charge in [-0.05, 0) is 62.2 Å². The van der Waals surface area contributed by atoms with Crippen LogP contribution < -0.4 is 5.32 Å². The van der Waals surface area contributed by atoms with Gasteiger partial charge < -0.3 is 10.4 Å². The summed E-state index contributed by atoms with van der Waals surface area (Å²) >= 11 is 12.4. The molecule has 0 bridgehead atoms. The van der Waals surface area contributed by atoms with Crippen molar-refractivity contribution in [3.05, 3.63) is 33.3 Å². The Hall–Kier alpha value is -0.320. The molecule has 2 N–H and O–H groups in total. The standard InChI is InChI=1S/C16H22Cl2N2O/c1-20(9-10-3-2-4-19-8-10)16-13-5-11(17)6-14(18)12(13)7-15(16)21/h5-6,10,15-16,19,21H,2-4,7-9H2,1H3. The van der Waals surface area contributed by atoms with E-state index in [2.05, 4.69) is 17.3 Å². The van der Waals surface area contributed by atoms with Gasteiger partial charge in [-0.1, -0.05) is 23.2 Å². The largest absolute Gasteiger partial charge is 0.391 e. The Labute approximate surface area is 136 Å². The summed E-state index contributed by atoms with van der Waals surface area (Å²) in [7, 11) is 2.09. The Bertz CT molecular complexity index is 517. The fraction of sp³-hybridized carbons (Fsp3) is 0.625. The Morgan fingerprint density at radius 1 is 1.38 bits per heavy atom. The van der Waals surface area contributed by atoms with E-state index in [9.17, 15) is 5.11 Å². The Morgan fingerprint density at radius 3 is 2.90 bits per heavy atom. The molecule has 0 saturated carbocycles. The van der Waals surface area contributed by atoms with Gasteiger partial charge in [0.1, 0.15) is 0 Å². The summed E-state index contributed by atoms with van der Waals surface area (Å²) in [5, 5.41) is 15.2. The zero-order valence-electron chi connectivity index (χ0n) is 12.3. The van der Waals surface area contributed by atoms with Gasteiger partial charge in [0.15, 0.2) is 0 Å². The molecule has 1 fully saturated rings. The van der Waals surface area contributed by atoms with Crippen molar-refractivity contribution in [2.24, 2.45) is 5.92 Å². The molecule has 1 aliphatic heterocycles. The van der Waals surface area contributed by atoms with Crippen LogP contribution in [0.5, 0.6) is 0 Å². The number of fused-ring (bicyclic) bond motifs is 1. The normalized spacial score (nSPS) is 28.9. The summed E-state index contributed by atoms with van der Waals surface area (Å²) in [5.74, 6) is 0.648. The molecule has 1 heterocycles. The Balaban J connectivity index is 1.79. The van der Waals surface area contributed by atoms with Gasteiger partial charge in [-0.15, -0.1) is 0 Å². The third-order valence-corrected chi connectivity index (χ3v) is 5.27. The molecule has 2 aliphatic rings. The lowest BCUT2D eigenvalue weighted by Gasteiger charge is -2.33. The van der Waals surface area contributed by atoms with Gasteiger partial charge in [0.05, 0.1) is 12.1 Å². The lowest BCUT2D eigenvalue weighted by Crippen LogP contribution is -2.40. The van der Waals surface area contributed by atoms with Gasteiger partial charge in [0.2, 0.25) is 0 Å². The van der Waals surface area contributed by atoms with Crippen LogP contribution in [-0.4, -0.2) is 42.8 Å². The number of nitrogens with zero attached hydrogens (tertiary/aromatic N) is 1. The molecule has 21 heavy (non-hydrogen) atoms. The zero-order chi connectivity index (χ0) is 15.0. The van der Waals surface area contributed by atoms with E-state index in [4.69, 9.17) is 23.2 Å². The van der Waals surface area contributed by atoms with Crippen LogP contribution >= 0.6 is 23.2 Å². The first kappa shape index (κ1) is 15.6. The van der Waals surface area contributed by atoms with Gasteiger partial charge in [-0.2, -0.15) is 0 Å². The first-order chi connectivity index (χ1) is 10.1. The number of aliphatic hydroxyl groups is 1. The first-order valence-electron chi connectivity index (χ1n) is 7.63. The summed E-state index contributed by atoms with van der Waals surface area (Å²) in [6.45, 7) is 3.18. The highest BCUT2D eigenvalue weighted by molar-refractivity contribution is 6.35. The molecule has 5 heteroatoms. The second-order valence-electron chi connectivity index (χ2n) is 6.32. The molecule has 0 radical (unpaired) electrons. The van der Waals surface area contributed by atoms with Gasteiger partial charge in [-0.3, -0.25) is 4.90 Å². The minimum Gasteiger partial charge on any atom is -0.391 e. The number of rotatable bonds is 3. The predicted octanol–water partition coefficient (Wildman–Crippen LogP) is 2.88. The van der Waals surface area contributed by atoms with Crippen LogP contribution in [0.1, 0.15) is 30.0 Å². The lowest BCUT2D eigenvalue weighted by molar-refractivity contribution is 0.0649. The highest BCUT2D eigenvalue weighted by Crippen LogP contribution is 2.41. The van der Waals surface area contributed by atoms with Crippen LogP contribution in [-0.2, 0) is 6.42 Å². The van der Waals surface area contributed by atoms with Crippen LogP contribution in [0.4, 0.5) is 0 Å². The molecule has 116 valence electrons. The van der Waals surface area contributed by atoms with Crippen LogP contribution in [0.2, 0.25) is 10.0 Å². The predicted molar refractivity (Wildman–Crippen MR) is 87.1 cm³/mol. The number of nitrogens with one attached hydrogen (secondary N) is 1. The number of aliphatic hydroxyl groups excluding tert-OH is 1. The summed E-state index contributed by atoms with van der Waals surface area (Å²) in [5.41, 5.74) is 2.14. The Morgan fingerprint density at radius 2 is 2.19 bits per heavy atom. The summed E-state index contributed by atoms with van der Waals surface area (Å²) < 4.78 is 0. The van der Waals surface area contributed by atoms with E-state index in [1.807, 2.05) is 6.07 Å². The average molecular weight is 329 g/mol. The van der Waals surface area contributed by atoms with Crippen LogP contribution in [0, 0.1) is 5.92 Å². The second-order valence-corrected chi connectivity index (χ2v) is 7.17. The SMILES string of the molecule is CN(CC1CCCNC1)C1c2cc(Cl)cc(Cl)c2CC1O. The van der Waals surface area contributed by atoms with Crippen molar-refractivity contribution < 1.29 is 5.11 Å². The second kappa shape index (κ2) is 6.43. The number of hydrogen-bond acceptors (Lipinski definition) is 3. The van der Waals surface area contributed by atoms with Crippen molar-refractivity contribution in [1.29, 1.82) is 0 Å². The van der Waals surface area contributed by atoms with E-state index < -0.39 is 6.10 Å². The van der Waals surface area contributed by atoms with Crippen LogP contribution in [0.15, 0.2) is 12.1 Å². The molecule has 1 saturated heterocycles. The number of halogens is 2. The molecule has 1 aromatic carbocycles. The molecular formula is C16H22Cl2N2O. The van der Waals surface area contributed by atoms with E-state index in [0.717, 1.165) is 30.8 Å². The molecule has 1 aromatic rings. The van der Waals surface area contributed by atoms with Crippen LogP contribution in [0.25, 0.3) is 0 Å². The number of likely N-dealkylation sites (N-methyl/N-ethyl adjacent to an activating group) is 1. The number of piperidine rings is 1. The van der Waals surface area contributed by atoms with E-state index in [1.165, 1.54) is 12.8 Å². The summed E-state index contributed by atoms with van der Waals surface area (Å²) in [6, 6.07) is 3.72. The van der Waals surface area contributed by atoms with Crippen molar-refractivity contribution in [1.82, 2.24) is 10.2 Å². The molecule has 3 atom stereocenters. The molecule has 0 spiro atoms. The summed E-state index contributed by atoms with van der Waals surface area (Å²) in [6.07, 6.45) is 2.70. The molecule has 0 amide bonds. The molecule has 0 aromatic heterocycles. The van der Waals surface area contributed by atoms with E-state index >= 15 is 0 Å². The molecule has 1 aliphatic carbocycles. The van der Waals surface area contributed by atoms with Crippen molar-refractivity contribution in [2.45, 2.75) is 31.4 Å². The monoisotopic (exact) mass is 328 g/mol. The Kier molecular flexibility index (Phi) is 4.77. The third-order valence-electron chi connectivity index (χ3n) is 4.71. The third kappa shape index (κ3) is 3.22.